The Labute approximate surface area is 141 Å². The zero-order valence-corrected chi connectivity index (χ0v) is 13.9. The minimum Gasteiger partial charge on any atom is -0.441 e. The van der Waals surface area contributed by atoms with Crippen LogP contribution in [-0.2, 0) is 11.2 Å². The molecule has 0 aliphatic carbocycles. The maximum absolute atomic E-state index is 12.2. The Balaban J connectivity index is 1.70. The molecule has 7 heteroatoms. The molecule has 1 unspecified atom stereocenters. The number of amides is 1. The molecule has 0 spiro atoms. The van der Waals surface area contributed by atoms with E-state index in [4.69, 9.17) is 4.42 Å². The number of hydrogen-bond donors (Lipinski definition) is 1. The van der Waals surface area contributed by atoms with Gasteiger partial charge in [0.15, 0.2) is 0 Å². The highest BCUT2D eigenvalue weighted by molar-refractivity contribution is 7.08. The molecule has 3 aromatic rings. The Morgan fingerprint density at radius 2 is 2.17 bits per heavy atom. The van der Waals surface area contributed by atoms with E-state index in [0.717, 1.165) is 11.1 Å². The van der Waals surface area contributed by atoms with E-state index in [1.54, 1.807) is 18.3 Å². The van der Waals surface area contributed by atoms with E-state index < -0.39 is 6.04 Å². The van der Waals surface area contributed by atoms with Crippen LogP contribution in [0.15, 0.2) is 38.1 Å². The summed E-state index contributed by atoms with van der Waals surface area (Å²) in [7, 11) is 0. The van der Waals surface area contributed by atoms with Crippen molar-refractivity contribution in [2.24, 2.45) is 0 Å². The summed E-state index contributed by atoms with van der Waals surface area (Å²) < 4.78 is 5.62. The van der Waals surface area contributed by atoms with Crippen LogP contribution in [0.4, 0.5) is 0 Å². The SMILES string of the molecule is Cc1oc(-c2ccsc2)nc1CC(=O)NC(C#N)c1ccsc1. The Hall–Kier alpha value is -2.43. The number of nitrogens with one attached hydrogen (secondary N) is 1. The summed E-state index contributed by atoms with van der Waals surface area (Å²) >= 11 is 3.05. The average molecular weight is 343 g/mol. The van der Waals surface area contributed by atoms with Crippen LogP contribution in [0, 0.1) is 18.3 Å². The van der Waals surface area contributed by atoms with Crippen molar-refractivity contribution < 1.29 is 9.21 Å². The second kappa shape index (κ2) is 6.77. The van der Waals surface area contributed by atoms with Crippen LogP contribution in [-0.4, -0.2) is 10.9 Å². The van der Waals surface area contributed by atoms with Crippen molar-refractivity contribution in [3.8, 4) is 17.5 Å². The molecule has 0 aliphatic heterocycles. The fourth-order valence-corrected chi connectivity index (χ4v) is 3.41. The highest BCUT2D eigenvalue weighted by Crippen LogP contribution is 2.24. The second-order valence-electron chi connectivity index (χ2n) is 4.90. The van der Waals surface area contributed by atoms with Crippen molar-refractivity contribution in [1.29, 1.82) is 5.26 Å². The number of nitrogens with zero attached hydrogens (tertiary/aromatic N) is 2. The van der Waals surface area contributed by atoms with Crippen molar-refractivity contribution in [2.45, 2.75) is 19.4 Å². The predicted molar refractivity (Wildman–Crippen MR) is 89.1 cm³/mol. The maximum atomic E-state index is 12.2. The van der Waals surface area contributed by atoms with Crippen LogP contribution in [0.3, 0.4) is 0 Å². The summed E-state index contributed by atoms with van der Waals surface area (Å²) in [5.41, 5.74) is 2.28. The molecule has 1 amide bonds. The quantitative estimate of drug-likeness (QED) is 0.766. The van der Waals surface area contributed by atoms with Crippen molar-refractivity contribution >= 4 is 28.6 Å². The first-order valence-electron chi connectivity index (χ1n) is 6.87. The first kappa shape index (κ1) is 15.5. The number of carbonyl (C=O) groups is 1. The van der Waals surface area contributed by atoms with Gasteiger partial charge in [0, 0.05) is 10.9 Å². The van der Waals surface area contributed by atoms with Gasteiger partial charge in [-0.25, -0.2) is 4.98 Å². The molecule has 0 bridgehead atoms. The van der Waals surface area contributed by atoms with Crippen molar-refractivity contribution in [3.63, 3.8) is 0 Å². The summed E-state index contributed by atoms with van der Waals surface area (Å²) in [6.07, 6.45) is 0.0851. The molecule has 3 rings (SSSR count). The van der Waals surface area contributed by atoms with Gasteiger partial charge in [0.25, 0.3) is 0 Å². The predicted octanol–water partition coefficient (Wildman–Crippen LogP) is 3.70. The Kier molecular flexibility index (Phi) is 4.55. The zero-order valence-electron chi connectivity index (χ0n) is 12.3. The lowest BCUT2D eigenvalue weighted by atomic mass is 10.1. The van der Waals surface area contributed by atoms with Gasteiger partial charge in [-0.05, 0) is 40.8 Å². The third-order valence-corrected chi connectivity index (χ3v) is 4.68. The number of hydrogen-bond acceptors (Lipinski definition) is 6. The van der Waals surface area contributed by atoms with E-state index >= 15 is 0 Å². The van der Waals surface area contributed by atoms with E-state index in [1.165, 1.54) is 11.3 Å². The lowest BCUT2D eigenvalue weighted by Gasteiger charge is -2.09. The lowest BCUT2D eigenvalue weighted by molar-refractivity contribution is -0.120. The standard InChI is InChI=1S/C16H13N3O2S2/c1-10-13(19-16(21-10)12-3-5-23-9-12)6-15(20)18-14(7-17)11-2-4-22-8-11/h2-5,8-9,14H,6H2,1H3,(H,18,20). The Bertz CT molecular complexity index is 829. The third kappa shape index (κ3) is 3.50. The van der Waals surface area contributed by atoms with Crippen LogP contribution in [0.5, 0.6) is 0 Å². The zero-order chi connectivity index (χ0) is 16.2. The summed E-state index contributed by atoms with van der Waals surface area (Å²) in [5.74, 6) is 0.877. The summed E-state index contributed by atoms with van der Waals surface area (Å²) in [6.45, 7) is 1.78. The minimum absolute atomic E-state index is 0.0851. The van der Waals surface area contributed by atoms with Crippen molar-refractivity contribution in [1.82, 2.24) is 10.3 Å². The largest absolute Gasteiger partial charge is 0.441 e. The molecule has 0 radical (unpaired) electrons. The number of carbonyl (C=O) groups excluding carboxylic acids is 1. The Morgan fingerprint density at radius 3 is 2.83 bits per heavy atom. The van der Waals surface area contributed by atoms with Gasteiger partial charge in [0.2, 0.25) is 11.8 Å². The maximum Gasteiger partial charge on any atom is 0.227 e. The van der Waals surface area contributed by atoms with Crippen molar-refractivity contribution in [3.05, 3.63) is 50.7 Å². The number of oxazole rings is 1. The molecule has 0 saturated carbocycles. The molecule has 0 aromatic carbocycles. The molecule has 23 heavy (non-hydrogen) atoms. The first-order chi connectivity index (χ1) is 11.2. The van der Waals surface area contributed by atoms with Crippen LogP contribution < -0.4 is 5.32 Å². The van der Waals surface area contributed by atoms with Crippen molar-refractivity contribution in [2.75, 3.05) is 0 Å². The van der Waals surface area contributed by atoms with Crippen LogP contribution in [0.25, 0.3) is 11.5 Å². The molecule has 0 aliphatic rings. The van der Waals surface area contributed by atoms with Gasteiger partial charge in [0.05, 0.1) is 18.2 Å². The topological polar surface area (TPSA) is 78.9 Å². The third-order valence-electron chi connectivity index (χ3n) is 3.30. The normalized spacial score (nSPS) is 11.8. The number of aromatic nitrogens is 1. The van der Waals surface area contributed by atoms with Gasteiger partial charge in [-0.3, -0.25) is 4.79 Å². The van der Waals surface area contributed by atoms with Crippen LogP contribution in [0.2, 0.25) is 0 Å². The average Bonchev–Trinajstić information content (AvgIpc) is 3.27. The molecule has 0 saturated heterocycles. The molecule has 1 N–H and O–H groups in total. The van der Waals surface area contributed by atoms with Gasteiger partial charge in [0.1, 0.15) is 11.8 Å². The Morgan fingerprint density at radius 1 is 1.39 bits per heavy atom. The lowest BCUT2D eigenvalue weighted by Crippen LogP contribution is -2.29. The number of aryl methyl sites for hydroxylation is 1. The van der Waals surface area contributed by atoms with Gasteiger partial charge < -0.3 is 9.73 Å². The first-order valence-corrected chi connectivity index (χ1v) is 8.76. The summed E-state index contributed by atoms with van der Waals surface area (Å²) in [5, 5.41) is 19.5. The molecule has 5 nitrogen and oxygen atoms in total. The highest BCUT2D eigenvalue weighted by Gasteiger charge is 2.18. The number of thiophene rings is 2. The van der Waals surface area contributed by atoms with E-state index in [0.29, 0.717) is 17.3 Å². The molecular formula is C16H13N3O2S2. The molecule has 3 heterocycles. The van der Waals surface area contributed by atoms with Gasteiger partial charge >= 0.3 is 0 Å². The summed E-state index contributed by atoms with van der Waals surface area (Å²) in [4.78, 5) is 16.6. The molecular weight excluding hydrogens is 330 g/mol. The second-order valence-corrected chi connectivity index (χ2v) is 6.46. The smallest absolute Gasteiger partial charge is 0.227 e. The number of rotatable bonds is 5. The number of nitriles is 1. The molecule has 0 fully saturated rings. The summed E-state index contributed by atoms with van der Waals surface area (Å²) in [6, 6.07) is 5.20. The van der Waals surface area contributed by atoms with E-state index in [-0.39, 0.29) is 12.3 Å². The van der Waals surface area contributed by atoms with E-state index in [9.17, 15) is 10.1 Å². The van der Waals surface area contributed by atoms with E-state index in [1.807, 2.05) is 33.7 Å². The van der Waals surface area contributed by atoms with Crippen LogP contribution >= 0.6 is 22.7 Å². The van der Waals surface area contributed by atoms with E-state index in [2.05, 4.69) is 16.4 Å². The van der Waals surface area contributed by atoms with Gasteiger partial charge in [-0.15, -0.1) is 0 Å². The monoisotopic (exact) mass is 343 g/mol. The van der Waals surface area contributed by atoms with Gasteiger partial charge in [-0.1, -0.05) is 0 Å². The molecule has 1 atom stereocenters. The fourth-order valence-electron chi connectivity index (χ4n) is 2.10. The van der Waals surface area contributed by atoms with Crippen LogP contribution in [0.1, 0.15) is 23.1 Å². The molecule has 3 aromatic heterocycles. The van der Waals surface area contributed by atoms with Gasteiger partial charge in [-0.2, -0.15) is 27.9 Å². The minimum atomic E-state index is -0.641. The fraction of sp³-hybridized carbons (Fsp3) is 0.188. The molecule has 116 valence electrons. The highest BCUT2D eigenvalue weighted by atomic mass is 32.1.